The van der Waals surface area contributed by atoms with Crippen molar-refractivity contribution in [2.45, 2.75) is 0 Å². The Morgan fingerprint density at radius 1 is 0.228 bits per heavy atom. The summed E-state index contributed by atoms with van der Waals surface area (Å²) in [5, 5.41) is 12.5. The lowest BCUT2D eigenvalue weighted by atomic mass is 9.92. The van der Waals surface area contributed by atoms with E-state index in [9.17, 15) is 0 Å². The molecule has 0 unspecified atom stereocenters. The fraction of sp³-hybridized carbons (Fsp3) is 0. The van der Waals surface area contributed by atoms with E-state index in [1.807, 2.05) is 0 Å². The van der Waals surface area contributed by atoms with Gasteiger partial charge >= 0.3 is 0 Å². The molecule has 1 heteroatoms. The summed E-state index contributed by atoms with van der Waals surface area (Å²) in [7, 11) is 0. The largest absolute Gasteiger partial charge is 0.310 e. The van der Waals surface area contributed by atoms with E-state index in [2.05, 4.69) is 229 Å². The molecule has 11 rings (SSSR count). The summed E-state index contributed by atoms with van der Waals surface area (Å²) >= 11 is 0. The molecule has 1 nitrogen and oxygen atoms in total. The Bertz CT molecular complexity index is 3290. The predicted molar refractivity (Wildman–Crippen MR) is 245 cm³/mol. The van der Waals surface area contributed by atoms with E-state index in [4.69, 9.17) is 0 Å². The Morgan fingerprint density at radius 3 is 1.30 bits per heavy atom. The van der Waals surface area contributed by atoms with Gasteiger partial charge < -0.3 is 4.90 Å². The molecule has 0 aliphatic rings. The maximum atomic E-state index is 2.44. The second-order valence-electron chi connectivity index (χ2n) is 14.9. The summed E-state index contributed by atoms with van der Waals surface area (Å²) < 4.78 is 0. The van der Waals surface area contributed by atoms with E-state index in [0.29, 0.717) is 0 Å². The maximum Gasteiger partial charge on any atom is 0.0540 e. The Kier molecular flexibility index (Phi) is 7.89. The Balaban J connectivity index is 1.11. The lowest BCUT2D eigenvalue weighted by Gasteiger charge is -2.28. The molecule has 266 valence electrons. The van der Waals surface area contributed by atoms with Gasteiger partial charge in [-0.2, -0.15) is 0 Å². The van der Waals surface area contributed by atoms with Crippen LogP contribution in [0.15, 0.2) is 224 Å². The third-order valence-electron chi connectivity index (χ3n) is 11.6. The van der Waals surface area contributed by atoms with E-state index in [1.165, 1.54) is 87.2 Å². The molecule has 11 aromatic carbocycles. The molecule has 0 radical (unpaired) electrons. The molecule has 0 saturated carbocycles. The lowest BCUT2D eigenvalue weighted by molar-refractivity contribution is 1.30. The molecule has 0 fully saturated rings. The van der Waals surface area contributed by atoms with Crippen LogP contribution in [0.4, 0.5) is 17.1 Å². The van der Waals surface area contributed by atoms with Gasteiger partial charge in [-0.15, -0.1) is 0 Å². The highest BCUT2D eigenvalue weighted by atomic mass is 15.1. The number of hydrogen-bond acceptors (Lipinski definition) is 1. The van der Waals surface area contributed by atoms with Crippen molar-refractivity contribution >= 4 is 70.9 Å². The normalized spacial score (nSPS) is 11.5. The Morgan fingerprint density at radius 2 is 0.684 bits per heavy atom. The highest BCUT2D eigenvalue weighted by molar-refractivity contribution is 6.15. The summed E-state index contributed by atoms with van der Waals surface area (Å²) in [5.74, 6) is 0. The fourth-order valence-electron chi connectivity index (χ4n) is 8.96. The van der Waals surface area contributed by atoms with Crippen molar-refractivity contribution in [1.29, 1.82) is 0 Å². The SMILES string of the molecule is c1ccc(-c2ccc(N(c3ccc(-c4cc5ccccc5c5ccccc45)cc3)c3cccc(-c4cc5ccccc5c5ccccc45)c3)c3ccccc23)cc1. The molecule has 0 N–H and O–H groups in total. The first-order valence-corrected chi connectivity index (χ1v) is 19.7. The topological polar surface area (TPSA) is 3.24 Å². The van der Waals surface area contributed by atoms with Gasteiger partial charge in [0.05, 0.1) is 5.69 Å². The van der Waals surface area contributed by atoms with Crippen LogP contribution in [0.1, 0.15) is 0 Å². The van der Waals surface area contributed by atoms with Crippen LogP contribution in [0.3, 0.4) is 0 Å². The van der Waals surface area contributed by atoms with E-state index in [0.717, 1.165) is 17.1 Å². The van der Waals surface area contributed by atoms with E-state index in [-0.39, 0.29) is 0 Å². The zero-order valence-corrected chi connectivity index (χ0v) is 31.3. The monoisotopic (exact) mass is 723 g/mol. The summed E-state index contributed by atoms with van der Waals surface area (Å²) in [5.41, 5.74) is 10.6. The van der Waals surface area contributed by atoms with Crippen LogP contribution in [-0.4, -0.2) is 0 Å². The van der Waals surface area contributed by atoms with Gasteiger partial charge in [0.25, 0.3) is 0 Å². The number of benzene rings is 11. The molecular weight excluding hydrogens is 687 g/mol. The zero-order valence-electron chi connectivity index (χ0n) is 31.3. The van der Waals surface area contributed by atoms with Gasteiger partial charge in [0.2, 0.25) is 0 Å². The Hall–Kier alpha value is -7.48. The standard InChI is InChI=1S/C56H37N/c1-2-15-38(16-3-1)47-33-34-56(53-28-13-12-25-50(47)53)57(43-31-29-39(30-32-43)54-36-41-17-4-6-21-45(41)48-23-8-10-26-51(48)54)44-20-14-19-40(35-44)55-37-42-18-5-7-22-46(42)49-24-9-11-27-52(49)55/h1-37H. The van der Waals surface area contributed by atoms with Crippen LogP contribution >= 0.6 is 0 Å². The molecule has 11 aromatic rings. The molecular formula is C56H37N. The second kappa shape index (κ2) is 13.7. The third kappa shape index (κ3) is 5.63. The molecule has 0 bridgehead atoms. The summed E-state index contributed by atoms with van der Waals surface area (Å²) in [6.45, 7) is 0. The number of rotatable bonds is 6. The van der Waals surface area contributed by atoms with E-state index in [1.54, 1.807) is 0 Å². The molecule has 57 heavy (non-hydrogen) atoms. The molecule has 0 saturated heterocycles. The van der Waals surface area contributed by atoms with Gasteiger partial charge in [0, 0.05) is 16.8 Å². The minimum absolute atomic E-state index is 1.10. The van der Waals surface area contributed by atoms with Crippen LogP contribution in [-0.2, 0) is 0 Å². The van der Waals surface area contributed by atoms with Crippen molar-refractivity contribution in [2.75, 3.05) is 4.90 Å². The summed E-state index contributed by atoms with van der Waals surface area (Å²) in [6.07, 6.45) is 0. The number of nitrogens with zero attached hydrogens (tertiary/aromatic N) is 1. The molecule has 0 heterocycles. The molecule has 0 aliphatic carbocycles. The van der Waals surface area contributed by atoms with E-state index < -0.39 is 0 Å². The van der Waals surface area contributed by atoms with Gasteiger partial charge in [-0.3, -0.25) is 0 Å². The van der Waals surface area contributed by atoms with Crippen LogP contribution in [0.2, 0.25) is 0 Å². The predicted octanol–water partition coefficient (Wildman–Crippen LogP) is 15.9. The number of hydrogen-bond donors (Lipinski definition) is 0. The first-order valence-electron chi connectivity index (χ1n) is 19.7. The van der Waals surface area contributed by atoms with Crippen LogP contribution in [0.25, 0.3) is 87.2 Å². The van der Waals surface area contributed by atoms with Crippen molar-refractivity contribution in [3.8, 4) is 33.4 Å². The number of anilines is 3. The molecule has 0 spiro atoms. The lowest BCUT2D eigenvalue weighted by Crippen LogP contribution is -2.11. The molecule has 0 amide bonds. The zero-order chi connectivity index (χ0) is 37.7. The highest BCUT2D eigenvalue weighted by Gasteiger charge is 2.19. The fourth-order valence-corrected chi connectivity index (χ4v) is 8.96. The van der Waals surface area contributed by atoms with Crippen molar-refractivity contribution in [3.05, 3.63) is 224 Å². The van der Waals surface area contributed by atoms with Crippen LogP contribution in [0, 0.1) is 0 Å². The van der Waals surface area contributed by atoms with Crippen molar-refractivity contribution in [3.63, 3.8) is 0 Å². The van der Waals surface area contributed by atoms with Gasteiger partial charge in [-0.1, -0.05) is 182 Å². The second-order valence-corrected chi connectivity index (χ2v) is 14.9. The average molecular weight is 724 g/mol. The Labute approximate surface area is 332 Å². The van der Waals surface area contributed by atoms with Crippen molar-refractivity contribution < 1.29 is 0 Å². The molecule has 0 aromatic heterocycles. The van der Waals surface area contributed by atoms with Gasteiger partial charge in [-0.05, 0) is 124 Å². The first kappa shape index (κ1) is 32.9. The summed E-state index contributed by atoms with van der Waals surface area (Å²) in [4.78, 5) is 2.44. The summed E-state index contributed by atoms with van der Waals surface area (Å²) in [6, 6.07) is 82.1. The van der Waals surface area contributed by atoms with Crippen LogP contribution in [0.5, 0.6) is 0 Å². The molecule has 0 aliphatic heterocycles. The van der Waals surface area contributed by atoms with E-state index >= 15 is 0 Å². The smallest absolute Gasteiger partial charge is 0.0540 e. The number of fused-ring (bicyclic) bond motifs is 7. The highest BCUT2D eigenvalue weighted by Crippen LogP contribution is 2.45. The minimum Gasteiger partial charge on any atom is -0.310 e. The minimum atomic E-state index is 1.10. The maximum absolute atomic E-state index is 2.44. The van der Waals surface area contributed by atoms with Crippen LogP contribution < -0.4 is 4.90 Å². The third-order valence-corrected chi connectivity index (χ3v) is 11.6. The van der Waals surface area contributed by atoms with Gasteiger partial charge in [0.1, 0.15) is 0 Å². The molecule has 0 atom stereocenters. The van der Waals surface area contributed by atoms with Crippen molar-refractivity contribution in [2.24, 2.45) is 0 Å². The van der Waals surface area contributed by atoms with Gasteiger partial charge in [0.15, 0.2) is 0 Å². The average Bonchev–Trinajstić information content (AvgIpc) is 3.29. The van der Waals surface area contributed by atoms with Crippen molar-refractivity contribution in [1.82, 2.24) is 0 Å². The first-order chi connectivity index (χ1) is 28.3. The quantitative estimate of drug-likeness (QED) is 0.154. The van der Waals surface area contributed by atoms with Gasteiger partial charge in [-0.25, -0.2) is 0 Å².